The Morgan fingerprint density at radius 1 is 0.452 bits per heavy atom. The van der Waals surface area contributed by atoms with Crippen LogP contribution in [0.1, 0.15) is 25.7 Å². The lowest BCUT2D eigenvalue weighted by molar-refractivity contribution is 1.07. The van der Waals surface area contributed by atoms with E-state index in [1.54, 1.807) is 8.47 Å². The summed E-state index contributed by atoms with van der Waals surface area (Å²) in [6, 6.07) is 0. The van der Waals surface area contributed by atoms with E-state index < -0.39 is 0 Å². The summed E-state index contributed by atoms with van der Waals surface area (Å²) in [5.74, 6) is 10.5. The fraction of sp³-hybridized carbons (Fsp3) is 0.700. The van der Waals surface area contributed by atoms with Gasteiger partial charge in [-0.2, -0.15) is 35.3 Å². The van der Waals surface area contributed by atoms with Crippen molar-refractivity contribution >= 4 is 129 Å². The second-order valence-corrected chi connectivity index (χ2v) is 19.6. The summed E-state index contributed by atoms with van der Waals surface area (Å²) in [5, 5.41) is 0. The Bertz CT molecular complexity index is 602. The van der Waals surface area contributed by atoms with Crippen molar-refractivity contribution in [3.63, 3.8) is 0 Å². The predicted octanol–water partition coefficient (Wildman–Crippen LogP) is 10.3. The van der Waals surface area contributed by atoms with Crippen molar-refractivity contribution < 1.29 is 0 Å². The van der Waals surface area contributed by atoms with Gasteiger partial charge in [-0.25, -0.2) is 0 Å². The van der Waals surface area contributed by atoms with Crippen LogP contribution < -0.4 is 0 Å². The third-order valence-electron chi connectivity index (χ3n) is 4.10. The van der Waals surface area contributed by atoms with Crippen molar-refractivity contribution in [1.82, 2.24) is 0 Å². The molecule has 3 aliphatic rings. The molecule has 0 unspecified atom stereocenters. The van der Waals surface area contributed by atoms with E-state index in [1.807, 2.05) is 70.6 Å². The summed E-state index contributed by atoms with van der Waals surface area (Å²) >= 11 is 22.6. The van der Waals surface area contributed by atoms with Gasteiger partial charge in [0.15, 0.2) is 0 Å². The lowest BCUT2D eigenvalue weighted by Crippen LogP contribution is -1.92. The zero-order chi connectivity index (χ0) is 21.7. The molecule has 176 valence electrons. The Kier molecular flexibility index (Phi) is 16.2. The van der Waals surface area contributed by atoms with Gasteiger partial charge in [-0.05, 0) is 84.2 Å². The van der Waals surface area contributed by atoms with E-state index in [1.165, 1.54) is 88.7 Å². The zero-order valence-corrected chi connectivity index (χ0v) is 27.0. The Morgan fingerprint density at radius 3 is 1.16 bits per heavy atom. The van der Waals surface area contributed by atoms with Crippen LogP contribution in [0.2, 0.25) is 0 Å². The molecule has 31 heavy (non-hydrogen) atoms. The normalized spacial score (nSPS) is 24.2. The van der Waals surface area contributed by atoms with Crippen LogP contribution in [0.4, 0.5) is 0 Å². The van der Waals surface area contributed by atoms with Crippen molar-refractivity contribution in [2.75, 3.05) is 58.5 Å². The van der Waals surface area contributed by atoms with E-state index in [0.29, 0.717) is 0 Å². The number of fused-ring (bicyclic) bond motifs is 4. The van der Waals surface area contributed by atoms with Crippen molar-refractivity contribution in [2.24, 2.45) is 0 Å². The lowest BCUT2D eigenvalue weighted by Gasteiger charge is -2.05. The highest BCUT2D eigenvalue weighted by Crippen LogP contribution is 2.65. The molecule has 0 aromatic carbocycles. The van der Waals surface area contributed by atoms with Crippen molar-refractivity contribution in [3.05, 3.63) is 25.4 Å². The SMILES string of the molecule is CSC1=C2SCCCSCCCSCCCSCCCSC3=C(SC)SC(=C(S1)S2)S3. The molecular formula is C20H30S11. The van der Waals surface area contributed by atoms with Crippen LogP contribution in [0, 0.1) is 0 Å². The minimum absolute atomic E-state index is 1.25. The highest BCUT2D eigenvalue weighted by Gasteiger charge is 2.30. The first-order chi connectivity index (χ1) is 15.3. The summed E-state index contributed by atoms with van der Waals surface area (Å²) in [4.78, 5) is 0. The van der Waals surface area contributed by atoms with Gasteiger partial charge in [0.25, 0.3) is 0 Å². The van der Waals surface area contributed by atoms with Crippen LogP contribution in [-0.2, 0) is 0 Å². The van der Waals surface area contributed by atoms with Gasteiger partial charge in [0, 0.05) is 0 Å². The first-order valence-electron chi connectivity index (χ1n) is 10.3. The molecule has 3 rings (SSSR count). The van der Waals surface area contributed by atoms with E-state index in [9.17, 15) is 0 Å². The predicted molar refractivity (Wildman–Crippen MR) is 174 cm³/mol. The van der Waals surface area contributed by atoms with Gasteiger partial charge >= 0.3 is 0 Å². The van der Waals surface area contributed by atoms with Gasteiger partial charge in [-0.15, -0.1) is 47.0 Å². The zero-order valence-electron chi connectivity index (χ0n) is 18.0. The molecule has 4 bridgehead atoms. The number of thioether (sulfide) groups is 11. The van der Waals surface area contributed by atoms with E-state index in [-0.39, 0.29) is 0 Å². The molecule has 0 nitrogen and oxygen atoms in total. The maximum absolute atomic E-state index is 2.24. The van der Waals surface area contributed by atoms with E-state index >= 15 is 0 Å². The van der Waals surface area contributed by atoms with Crippen molar-refractivity contribution in [2.45, 2.75) is 25.7 Å². The minimum atomic E-state index is 1.25. The number of hydrogen-bond acceptors (Lipinski definition) is 11. The molecule has 0 N–H and O–H groups in total. The third-order valence-corrected chi connectivity index (χ3v) is 19.0. The maximum Gasteiger partial charge on any atom is 0.0717 e. The average molecular weight is 623 g/mol. The average Bonchev–Trinajstić information content (AvgIpc) is 3.38. The van der Waals surface area contributed by atoms with Gasteiger partial charge in [-0.1, -0.05) is 47.0 Å². The van der Waals surface area contributed by atoms with Gasteiger partial charge < -0.3 is 0 Å². The van der Waals surface area contributed by atoms with Crippen LogP contribution in [0.3, 0.4) is 0 Å². The molecule has 0 radical (unpaired) electrons. The molecule has 0 aromatic heterocycles. The van der Waals surface area contributed by atoms with Crippen LogP contribution in [0.25, 0.3) is 0 Å². The molecule has 3 heterocycles. The minimum Gasteiger partial charge on any atom is -0.162 e. The Labute approximate surface area is 236 Å². The summed E-state index contributed by atoms with van der Waals surface area (Å²) in [6.45, 7) is 0. The van der Waals surface area contributed by atoms with E-state index in [2.05, 4.69) is 71.3 Å². The van der Waals surface area contributed by atoms with Gasteiger partial charge in [0.2, 0.25) is 0 Å². The van der Waals surface area contributed by atoms with Crippen molar-refractivity contribution in [1.29, 1.82) is 0 Å². The molecule has 3 aliphatic heterocycles. The Balaban J connectivity index is 1.56. The fourth-order valence-electron chi connectivity index (χ4n) is 2.62. The van der Waals surface area contributed by atoms with E-state index in [0.717, 1.165) is 0 Å². The smallest absolute Gasteiger partial charge is 0.0717 e. The van der Waals surface area contributed by atoms with Crippen molar-refractivity contribution in [3.8, 4) is 0 Å². The second-order valence-electron chi connectivity index (χ2n) is 6.49. The standard InChI is InChI=1S/C20H30S11/c1-21-15-17-26-13-5-11-24-9-3-7-23-8-4-10-25-12-6-14-27-18-16(22-2)29-20(31-18)19(28-15)30-17/h3-14H2,1-2H3. The monoisotopic (exact) mass is 622 g/mol. The largest absolute Gasteiger partial charge is 0.162 e. The van der Waals surface area contributed by atoms with Gasteiger partial charge in [-0.3, -0.25) is 0 Å². The molecule has 0 saturated carbocycles. The van der Waals surface area contributed by atoms with Gasteiger partial charge in [0.05, 0.1) is 25.4 Å². The highest BCUT2D eigenvalue weighted by molar-refractivity contribution is 8.45. The summed E-state index contributed by atoms with van der Waals surface area (Å²) in [6.07, 6.45) is 9.87. The lowest BCUT2D eigenvalue weighted by atomic mass is 10.6. The number of hydrogen-bond donors (Lipinski definition) is 0. The molecule has 0 saturated heterocycles. The van der Waals surface area contributed by atoms with Crippen LogP contribution in [0.15, 0.2) is 25.4 Å². The summed E-state index contributed by atoms with van der Waals surface area (Å²) in [7, 11) is 0. The third kappa shape index (κ3) is 10.5. The van der Waals surface area contributed by atoms with Gasteiger partial charge in [0.1, 0.15) is 0 Å². The fourth-order valence-corrected chi connectivity index (χ4v) is 17.2. The van der Waals surface area contributed by atoms with Crippen LogP contribution >= 0.6 is 129 Å². The topological polar surface area (TPSA) is 0 Å². The molecule has 0 amide bonds. The first kappa shape index (κ1) is 28.6. The van der Waals surface area contributed by atoms with E-state index in [4.69, 9.17) is 0 Å². The molecule has 0 fully saturated rings. The van der Waals surface area contributed by atoms with Crippen LogP contribution in [0.5, 0.6) is 0 Å². The molecule has 0 aliphatic carbocycles. The quantitative estimate of drug-likeness (QED) is 0.289. The maximum atomic E-state index is 2.24. The molecule has 0 atom stereocenters. The number of rotatable bonds is 2. The van der Waals surface area contributed by atoms with Crippen LogP contribution in [-0.4, -0.2) is 58.5 Å². The highest BCUT2D eigenvalue weighted by atomic mass is 32.3. The first-order valence-corrected chi connectivity index (χ1v) is 21.5. The Morgan fingerprint density at radius 2 is 0.806 bits per heavy atom. The molecule has 0 spiro atoms. The molecule has 0 aromatic rings. The summed E-state index contributed by atoms with van der Waals surface area (Å²) < 4.78 is 9.16. The second kappa shape index (κ2) is 17.5. The molecule has 11 heteroatoms. The summed E-state index contributed by atoms with van der Waals surface area (Å²) in [5.41, 5.74) is 0. The molecular weight excluding hydrogens is 593 g/mol. The Hall–Kier alpha value is 3.07.